The van der Waals surface area contributed by atoms with Crippen LogP contribution >= 0.6 is 11.6 Å². The van der Waals surface area contributed by atoms with Gasteiger partial charge in [0.2, 0.25) is 0 Å². The molecule has 1 heterocycles. The van der Waals surface area contributed by atoms with E-state index < -0.39 is 5.97 Å². The lowest BCUT2D eigenvalue weighted by Crippen LogP contribution is -2.19. The number of aromatic amines is 1. The number of rotatable bonds is 9. The van der Waals surface area contributed by atoms with E-state index >= 15 is 0 Å². The maximum Gasteiger partial charge on any atom is 0.307 e. The first-order valence-corrected chi connectivity index (χ1v) is 11.5. The smallest absolute Gasteiger partial charge is 0.307 e. The number of carbonyl (C=O) groups is 1. The van der Waals surface area contributed by atoms with Gasteiger partial charge < -0.3 is 24.8 Å². The van der Waals surface area contributed by atoms with Gasteiger partial charge in [0.05, 0.1) is 28.9 Å². The number of aliphatic carboxylic acids is 1. The van der Waals surface area contributed by atoms with Crippen LogP contribution in [0.4, 0.5) is 5.69 Å². The molecule has 4 rings (SSSR count). The molecule has 8 heteroatoms. The fraction of sp³-hybridized carbons (Fsp3) is 0.185. The molecular formula is C27H26ClN3O4. The van der Waals surface area contributed by atoms with Crippen molar-refractivity contribution in [1.29, 1.82) is 0 Å². The number of aliphatic imine (C=N–C) groups is 1. The summed E-state index contributed by atoms with van der Waals surface area (Å²) in [4.78, 5) is 21.1. The minimum absolute atomic E-state index is 0.0479. The van der Waals surface area contributed by atoms with E-state index in [2.05, 4.69) is 4.98 Å². The highest BCUT2D eigenvalue weighted by Gasteiger charge is 2.19. The molecule has 0 saturated carbocycles. The molecule has 0 bridgehead atoms. The van der Waals surface area contributed by atoms with Crippen LogP contribution in [0.2, 0.25) is 5.02 Å². The number of H-pyrrole nitrogens is 1. The second kappa shape index (κ2) is 10.6. The number of hydrogen-bond donors (Lipinski definition) is 3. The molecule has 180 valence electrons. The average Bonchev–Trinajstić information content (AvgIpc) is 3.12. The summed E-state index contributed by atoms with van der Waals surface area (Å²) in [5.41, 5.74) is 3.66. The SMILES string of the molecule is CN(C)CCOc1ccc(N=C(c2cccc(CC(=O)O)c2)c2c(O)[nH]c3cc(Cl)ccc23)cc1. The van der Waals surface area contributed by atoms with Gasteiger partial charge in [-0.2, -0.15) is 0 Å². The largest absolute Gasteiger partial charge is 0.494 e. The second-order valence-corrected chi connectivity index (χ2v) is 8.85. The Morgan fingerprint density at radius 2 is 1.86 bits per heavy atom. The molecule has 0 aliphatic carbocycles. The van der Waals surface area contributed by atoms with Gasteiger partial charge in [0.1, 0.15) is 12.4 Å². The van der Waals surface area contributed by atoms with E-state index in [4.69, 9.17) is 21.3 Å². The first-order valence-electron chi connectivity index (χ1n) is 11.1. The van der Waals surface area contributed by atoms with Gasteiger partial charge in [-0.05, 0) is 62.1 Å². The van der Waals surface area contributed by atoms with E-state index in [1.165, 1.54) is 0 Å². The van der Waals surface area contributed by atoms with Crippen LogP contribution in [-0.4, -0.2) is 59.0 Å². The Labute approximate surface area is 208 Å². The fourth-order valence-corrected chi connectivity index (χ4v) is 3.93. The van der Waals surface area contributed by atoms with Crippen LogP contribution in [0.25, 0.3) is 10.9 Å². The highest BCUT2D eigenvalue weighted by molar-refractivity contribution is 6.31. The van der Waals surface area contributed by atoms with Crippen LogP contribution in [0.3, 0.4) is 0 Å². The van der Waals surface area contributed by atoms with Gasteiger partial charge in [-0.1, -0.05) is 35.9 Å². The van der Waals surface area contributed by atoms with Crippen molar-refractivity contribution in [2.24, 2.45) is 4.99 Å². The van der Waals surface area contributed by atoms with E-state index in [-0.39, 0.29) is 12.3 Å². The lowest BCUT2D eigenvalue weighted by molar-refractivity contribution is -0.136. The zero-order valence-corrected chi connectivity index (χ0v) is 20.2. The van der Waals surface area contributed by atoms with Gasteiger partial charge in [-0.3, -0.25) is 4.79 Å². The van der Waals surface area contributed by atoms with Gasteiger partial charge in [-0.15, -0.1) is 0 Å². The van der Waals surface area contributed by atoms with Gasteiger partial charge in [0, 0.05) is 22.5 Å². The minimum Gasteiger partial charge on any atom is -0.494 e. The van der Waals surface area contributed by atoms with Crippen molar-refractivity contribution >= 4 is 39.9 Å². The molecule has 4 aromatic rings. The molecular weight excluding hydrogens is 466 g/mol. The molecule has 0 aliphatic rings. The molecule has 0 aliphatic heterocycles. The monoisotopic (exact) mass is 491 g/mol. The Kier molecular flexibility index (Phi) is 7.39. The van der Waals surface area contributed by atoms with Crippen molar-refractivity contribution in [1.82, 2.24) is 9.88 Å². The lowest BCUT2D eigenvalue weighted by Gasteiger charge is -2.11. The van der Waals surface area contributed by atoms with Crippen molar-refractivity contribution in [3.05, 3.63) is 88.4 Å². The zero-order valence-electron chi connectivity index (χ0n) is 19.5. The number of nitrogens with one attached hydrogen (secondary N) is 1. The molecule has 35 heavy (non-hydrogen) atoms. The summed E-state index contributed by atoms with van der Waals surface area (Å²) in [5, 5.41) is 21.4. The Bertz CT molecular complexity index is 1380. The van der Waals surface area contributed by atoms with E-state index in [0.29, 0.717) is 45.2 Å². The van der Waals surface area contributed by atoms with E-state index in [1.54, 1.807) is 30.3 Å². The van der Waals surface area contributed by atoms with E-state index in [9.17, 15) is 15.0 Å². The number of likely N-dealkylation sites (N-methyl/N-ethyl adjacent to an activating group) is 1. The third-order valence-electron chi connectivity index (χ3n) is 5.42. The Balaban J connectivity index is 1.78. The van der Waals surface area contributed by atoms with Crippen LogP contribution in [0, 0.1) is 0 Å². The normalized spacial score (nSPS) is 11.8. The highest BCUT2D eigenvalue weighted by atomic mass is 35.5. The number of fused-ring (bicyclic) bond motifs is 1. The van der Waals surface area contributed by atoms with Crippen LogP contribution < -0.4 is 4.74 Å². The van der Waals surface area contributed by atoms with Crippen molar-refractivity contribution in [3.63, 3.8) is 0 Å². The zero-order chi connectivity index (χ0) is 24.9. The summed E-state index contributed by atoms with van der Waals surface area (Å²) < 4.78 is 5.77. The van der Waals surface area contributed by atoms with Crippen LogP contribution in [-0.2, 0) is 11.2 Å². The Morgan fingerprint density at radius 1 is 1.09 bits per heavy atom. The first-order chi connectivity index (χ1) is 16.8. The number of carboxylic acids is 1. The number of carboxylic acid groups (broad SMARTS) is 1. The number of hydrogen-bond acceptors (Lipinski definition) is 5. The Morgan fingerprint density at radius 3 is 2.57 bits per heavy atom. The molecule has 0 saturated heterocycles. The number of nitrogens with zero attached hydrogens (tertiary/aromatic N) is 2. The molecule has 0 atom stereocenters. The first kappa shape index (κ1) is 24.3. The van der Waals surface area contributed by atoms with Gasteiger partial charge in [0.25, 0.3) is 0 Å². The standard InChI is InChI=1S/C27H26ClN3O4/c1-31(2)12-13-35-21-9-7-20(8-10-21)29-26(18-5-3-4-17(14-18)15-24(32)33)25-22-11-6-19(28)16-23(22)30-27(25)34/h3-11,14,16,30,34H,12-13,15H2,1-2H3,(H,32,33). The summed E-state index contributed by atoms with van der Waals surface area (Å²) in [7, 11) is 3.98. The predicted molar refractivity (Wildman–Crippen MR) is 139 cm³/mol. The average molecular weight is 492 g/mol. The van der Waals surface area contributed by atoms with Crippen LogP contribution in [0.1, 0.15) is 16.7 Å². The molecule has 1 aromatic heterocycles. The summed E-state index contributed by atoms with van der Waals surface area (Å²) in [5.74, 6) is -0.233. The fourth-order valence-electron chi connectivity index (χ4n) is 3.76. The number of halogens is 1. The third kappa shape index (κ3) is 6.01. The molecule has 0 spiro atoms. The third-order valence-corrected chi connectivity index (χ3v) is 5.65. The quantitative estimate of drug-likeness (QED) is 0.277. The van der Waals surface area contributed by atoms with Crippen LogP contribution in [0.5, 0.6) is 11.6 Å². The minimum atomic E-state index is -0.921. The molecule has 0 fully saturated rings. The predicted octanol–water partition coefficient (Wildman–Crippen LogP) is 5.26. The van der Waals surface area contributed by atoms with Gasteiger partial charge >= 0.3 is 5.97 Å². The van der Waals surface area contributed by atoms with Crippen molar-refractivity contribution in [2.75, 3.05) is 27.2 Å². The molecule has 0 radical (unpaired) electrons. The summed E-state index contributed by atoms with van der Waals surface area (Å²) >= 11 is 6.14. The molecule has 0 unspecified atom stereocenters. The van der Waals surface area contributed by atoms with Crippen molar-refractivity contribution in [3.8, 4) is 11.6 Å². The summed E-state index contributed by atoms with van der Waals surface area (Å²) in [6.07, 6.45) is -0.115. The topological polar surface area (TPSA) is 98.2 Å². The maximum absolute atomic E-state index is 11.3. The molecule has 0 amide bonds. The number of benzene rings is 3. The van der Waals surface area contributed by atoms with Gasteiger partial charge in [0.15, 0.2) is 5.88 Å². The molecule has 3 N–H and O–H groups in total. The Hall–Kier alpha value is -3.81. The van der Waals surface area contributed by atoms with E-state index in [1.807, 2.05) is 55.4 Å². The lowest BCUT2D eigenvalue weighted by atomic mass is 9.98. The van der Waals surface area contributed by atoms with Crippen LogP contribution in [0.15, 0.2) is 71.7 Å². The maximum atomic E-state index is 11.3. The summed E-state index contributed by atoms with van der Waals surface area (Å²) in [6, 6.07) is 19.8. The summed E-state index contributed by atoms with van der Waals surface area (Å²) in [6.45, 7) is 1.38. The van der Waals surface area contributed by atoms with Crippen molar-refractivity contribution in [2.45, 2.75) is 6.42 Å². The second-order valence-electron chi connectivity index (χ2n) is 8.42. The number of aromatic hydroxyl groups is 1. The van der Waals surface area contributed by atoms with E-state index in [0.717, 1.165) is 17.7 Å². The highest BCUT2D eigenvalue weighted by Crippen LogP contribution is 2.33. The molecule has 3 aromatic carbocycles. The molecule has 7 nitrogen and oxygen atoms in total. The number of ether oxygens (including phenoxy) is 1. The number of aromatic nitrogens is 1. The van der Waals surface area contributed by atoms with Gasteiger partial charge in [-0.25, -0.2) is 4.99 Å². The van der Waals surface area contributed by atoms with Crippen molar-refractivity contribution < 1.29 is 19.7 Å².